The van der Waals surface area contributed by atoms with Gasteiger partial charge in [0.25, 0.3) is 5.91 Å². The number of rotatable bonds is 5. The molecule has 2 heterocycles. The van der Waals surface area contributed by atoms with Crippen LogP contribution in [0.2, 0.25) is 0 Å². The van der Waals surface area contributed by atoms with Crippen molar-refractivity contribution in [3.05, 3.63) is 51.7 Å². The van der Waals surface area contributed by atoms with Gasteiger partial charge in [-0.25, -0.2) is 0 Å². The Bertz CT molecular complexity index is 859. The summed E-state index contributed by atoms with van der Waals surface area (Å²) in [5.74, 6) is -1.71. The molecule has 3 rings (SSSR count). The zero-order chi connectivity index (χ0) is 18.8. The molecular formula is C19H19NO5S. The number of hydrogen-bond acceptors (Lipinski definition) is 5. The van der Waals surface area contributed by atoms with Crippen molar-refractivity contribution >= 4 is 29.0 Å². The van der Waals surface area contributed by atoms with Gasteiger partial charge in [-0.15, -0.1) is 11.3 Å². The molecule has 1 aliphatic rings. The van der Waals surface area contributed by atoms with Crippen molar-refractivity contribution in [2.24, 2.45) is 5.92 Å². The molecule has 0 unspecified atom stereocenters. The van der Waals surface area contributed by atoms with Gasteiger partial charge in [0, 0.05) is 19.0 Å². The molecule has 1 aliphatic heterocycles. The average Bonchev–Trinajstić information content (AvgIpc) is 3.28. The molecule has 1 fully saturated rings. The van der Waals surface area contributed by atoms with Gasteiger partial charge in [-0.05, 0) is 30.7 Å². The molecule has 7 heteroatoms. The number of carbonyl (C=O) groups excluding carboxylic acids is 2. The number of thiophene rings is 1. The Morgan fingerprint density at radius 2 is 1.81 bits per heavy atom. The number of nitrogens with zero attached hydrogens (tertiary/aromatic N) is 1. The zero-order valence-corrected chi connectivity index (χ0v) is 15.3. The summed E-state index contributed by atoms with van der Waals surface area (Å²) in [5, 5.41) is 9.63. The number of carbonyl (C=O) groups is 3. The minimum atomic E-state index is -0.938. The maximum atomic E-state index is 12.8. The molecule has 0 bridgehead atoms. The van der Waals surface area contributed by atoms with E-state index in [0.29, 0.717) is 22.0 Å². The molecule has 6 nitrogen and oxygen atoms in total. The first-order valence-electron chi connectivity index (χ1n) is 8.18. The average molecular weight is 373 g/mol. The third kappa shape index (κ3) is 3.35. The van der Waals surface area contributed by atoms with Gasteiger partial charge in [0.05, 0.1) is 22.8 Å². The van der Waals surface area contributed by atoms with Gasteiger partial charge in [0.15, 0.2) is 5.78 Å². The van der Waals surface area contributed by atoms with Crippen molar-refractivity contribution in [2.75, 3.05) is 20.2 Å². The lowest BCUT2D eigenvalue weighted by molar-refractivity contribution is -0.141. The molecule has 1 saturated heterocycles. The highest BCUT2D eigenvalue weighted by molar-refractivity contribution is 7.15. The highest BCUT2D eigenvalue weighted by Crippen LogP contribution is 2.38. The van der Waals surface area contributed by atoms with Crippen molar-refractivity contribution < 1.29 is 24.2 Å². The van der Waals surface area contributed by atoms with Crippen LogP contribution in [-0.2, 0) is 4.79 Å². The number of para-hydroxylation sites is 1. The summed E-state index contributed by atoms with van der Waals surface area (Å²) >= 11 is 1.14. The summed E-state index contributed by atoms with van der Waals surface area (Å²) in [5.41, 5.74) is 0.785. The second-order valence-electron chi connectivity index (χ2n) is 6.22. The Morgan fingerprint density at radius 1 is 1.12 bits per heavy atom. The van der Waals surface area contributed by atoms with E-state index in [9.17, 15) is 19.5 Å². The summed E-state index contributed by atoms with van der Waals surface area (Å²) in [7, 11) is 1.54. The van der Waals surface area contributed by atoms with E-state index in [1.54, 1.807) is 30.2 Å². The lowest BCUT2D eigenvalue weighted by atomic mass is 9.88. The van der Waals surface area contributed by atoms with Crippen molar-refractivity contribution in [2.45, 2.75) is 12.8 Å². The Kier molecular flexibility index (Phi) is 5.08. The van der Waals surface area contributed by atoms with Crippen molar-refractivity contribution in [3.63, 3.8) is 0 Å². The van der Waals surface area contributed by atoms with Crippen LogP contribution in [0.15, 0.2) is 36.4 Å². The van der Waals surface area contributed by atoms with E-state index in [1.165, 1.54) is 6.92 Å². The third-order valence-electron chi connectivity index (χ3n) is 4.63. The van der Waals surface area contributed by atoms with Crippen molar-refractivity contribution in [1.82, 2.24) is 4.90 Å². The number of ether oxygens (including phenoxy) is 1. The fraction of sp³-hybridized carbons (Fsp3) is 0.316. The fourth-order valence-electron chi connectivity index (χ4n) is 3.31. The van der Waals surface area contributed by atoms with Crippen LogP contribution in [0, 0.1) is 5.92 Å². The standard InChI is InChI=1S/C19H19NO5S/c1-11(21)16-7-8-17(26-16)18(22)20-9-13(14(10-20)19(23)24)12-5-3-4-6-15(12)25-2/h3-8,13-14H,9-10H2,1-2H3,(H,23,24)/t13-,14+/m0/s1. The molecule has 0 saturated carbocycles. The SMILES string of the molecule is COc1ccccc1[C@@H]1CN(C(=O)c2ccc(C(C)=O)s2)C[C@H]1C(=O)O. The number of hydrogen-bond donors (Lipinski definition) is 1. The first-order valence-corrected chi connectivity index (χ1v) is 8.99. The second-order valence-corrected chi connectivity index (χ2v) is 7.31. The molecule has 0 radical (unpaired) electrons. The van der Waals surface area contributed by atoms with E-state index < -0.39 is 11.9 Å². The van der Waals surface area contributed by atoms with Gasteiger partial charge < -0.3 is 14.7 Å². The third-order valence-corrected chi connectivity index (χ3v) is 5.80. The molecule has 1 amide bonds. The molecule has 26 heavy (non-hydrogen) atoms. The van der Waals surface area contributed by atoms with E-state index in [0.717, 1.165) is 16.9 Å². The molecule has 136 valence electrons. The first kappa shape index (κ1) is 18.1. The van der Waals surface area contributed by atoms with Gasteiger partial charge in [-0.2, -0.15) is 0 Å². The van der Waals surface area contributed by atoms with Gasteiger partial charge in [-0.1, -0.05) is 18.2 Å². The van der Waals surface area contributed by atoms with Crippen LogP contribution in [0.4, 0.5) is 0 Å². The van der Waals surface area contributed by atoms with Crippen LogP contribution >= 0.6 is 11.3 Å². The lowest BCUT2D eigenvalue weighted by Gasteiger charge is -2.18. The van der Waals surface area contributed by atoms with E-state index in [-0.39, 0.29) is 24.2 Å². The number of carboxylic acid groups (broad SMARTS) is 1. The molecule has 2 aromatic rings. The molecular weight excluding hydrogens is 354 g/mol. The number of ketones is 1. The summed E-state index contributed by atoms with van der Waals surface area (Å²) in [6.45, 7) is 1.88. The topological polar surface area (TPSA) is 83.9 Å². The number of likely N-dealkylation sites (tertiary alicyclic amines) is 1. The van der Waals surface area contributed by atoms with Crippen LogP contribution in [0.5, 0.6) is 5.75 Å². The number of amides is 1. The maximum absolute atomic E-state index is 12.8. The monoisotopic (exact) mass is 373 g/mol. The summed E-state index contributed by atoms with van der Waals surface area (Å²) < 4.78 is 5.36. The van der Waals surface area contributed by atoms with E-state index in [1.807, 2.05) is 18.2 Å². The Labute approximate surface area is 155 Å². The zero-order valence-electron chi connectivity index (χ0n) is 14.5. The van der Waals surface area contributed by atoms with Crippen LogP contribution < -0.4 is 4.74 Å². The molecule has 0 aliphatic carbocycles. The number of aliphatic carboxylic acids is 1. The normalized spacial score (nSPS) is 19.4. The van der Waals surface area contributed by atoms with Crippen LogP contribution in [0.3, 0.4) is 0 Å². The molecule has 2 atom stereocenters. The van der Waals surface area contributed by atoms with Crippen LogP contribution in [-0.4, -0.2) is 47.9 Å². The first-order chi connectivity index (χ1) is 12.4. The van der Waals surface area contributed by atoms with E-state index >= 15 is 0 Å². The number of Topliss-reactive ketones (excluding diaryl/α,β-unsaturated/α-hetero) is 1. The smallest absolute Gasteiger partial charge is 0.308 e. The highest BCUT2D eigenvalue weighted by Gasteiger charge is 2.42. The minimum absolute atomic E-state index is 0.0919. The number of benzene rings is 1. The van der Waals surface area contributed by atoms with Gasteiger partial charge in [-0.3, -0.25) is 14.4 Å². The Hall–Kier alpha value is -2.67. The van der Waals surface area contributed by atoms with Crippen LogP contribution in [0.25, 0.3) is 0 Å². The molecule has 1 aromatic heterocycles. The number of methoxy groups -OCH3 is 1. The van der Waals surface area contributed by atoms with Gasteiger partial charge in [0.1, 0.15) is 5.75 Å². The minimum Gasteiger partial charge on any atom is -0.496 e. The van der Waals surface area contributed by atoms with Crippen LogP contribution in [0.1, 0.15) is 37.7 Å². The number of carboxylic acids is 1. The second kappa shape index (κ2) is 7.29. The fourth-order valence-corrected chi connectivity index (χ4v) is 4.17. The maximum Gasteiger partial charge on any atom is 0.308 e. The summed E-state index contributed by atoms with van der Waals surface area (Å²) in [6, 6.07) is 10.5. The molecule has 1 N–H and O–H groups in total. The summed E-state index contributed by atoms with van der Waals surface area (Å²) in [6.07, 6.45) is 0. The van der Waals surface area contributed by atoms with Crippen molar-refractivity contribution in [1.29, 1.82) is 0 Å². The predicted molar refractivity (Wildman–Crippen MR) is 97.1 cm³/mol. The van der Waals surface area contributed by atoms with Gasteiger partial charge >= 0.3 is 5.97 Å². The van der Waals surface area contributed by atoms with E-state index in [2.05, 4.69) is 0 Å². The van der Waals surface area contributed by atoms with E-state index in [4.69, 9.17) is 4.74 Å². The van der Waals surface area contributed by atoms with Crippen molar-refractivity contribution in [3.8, 4) is 5.75 Å². The Morgan fingerprint density at radius 3 is 2.42 bits per heavy atom. The molecule has 0 spiro atoms. The lowest BCUT2D eigenvalue weighted by Crippen LogP contribution is -2.29. The predicted octanol–water partition coefficient (Wildman–Crippen LogP) is 2.90. The highest BCUT2D eigenvalue weighted by atomic mass is 32.1. The molecule has 1 aromatic carbocycles. The quantitative estimate of drug-likeness (QED) is 0.815. The summed E-state index contributed by atoms with van der Waals surface area (Å²) in [4.78, 5) is 38.5. The largest absolute Gasteiger partial charge is 0.496 e. The van der Waals surface area contributed by atoms with Gasteiger partial charge in [0.2, 0.25) is 0 Å². The Balaban J connectivity index is 1.88.